The maximum atomic E-state index is 13.2. The summed E-state index contributed by atoms with van der Waals surface area (Å²) in [6, 6.07) is 11.6. The fourth-order valence-corrected chi connectivity index (χ4v) is 3.85. The van der Waals surface area contributed by atoms with E-state index in [9.17, 15) is 24.3 Å². The number of ether oxygens (including phenoxy) is 3. The molecule has 4 atom stereocenters. The van der Waals surface area contributed by atoms with Crippen molar-refractivity contribution in [1.29, 1.82) is 0 Å². The second-order valence-corrected chi connectivity index (χ2v) is 9.25. The van der Waals surface area contributed by atoms with E-state index in [1.54, 1.807) is 13.8 Å². The van der Waals surface area contributed by atoms with Crippen LogP contribution in [0.3, 0.4) is 0 Å². The molecule has 0 saturated carbocycles. The number of nitrogens with one attached hydrogen (secondary N) is 1. The number of rotatable bonds is 6. The summed E-state index contributed by atoms with van der Waals surface area (Å²) in [5.41, 5.74) is 0.669. The van der Waals surface area contributed by atoms with E-state index >= 15 is 0 Å². The Morgan fingerprint density at radius 1 is 1.14 bits per heavy atom. The van der Waals surface area contributed by atoms with Crippen molar-refractivity contribution in [3.05, 3.63) is 64.7 Å². The number of esters is 3. The van der Waals surface area contributed by atoms with Gasteiger partial charge in [-0.25, -0.2) is 4.79 Å². The first-order chi connectivity index (χ1) is 17.1. The largest absolute Gasteiger partial charge is 0.507 e. The molecule has 1 amide bonds. The minimum absolute atomic E-state index is 0.128. The minimum Gasteiger partial charge on any atom is -0.507 e. The molecule has 2 aromatic carbocycles. The van der Waals surface area contributed by atoms with E-state index in [1.165, 1.54) is 25.1 Å². The Hall–Kier alpha value is -3.59. The number of phenolic OH excluding ortho intramolecular Hbond substituents is 1. The smallest absolute Gasteiger partial charge is 0.332 e. The van der Waals surface area contributed by atoms with Crippen LogP contribution in [-0.2, 0) is 35.0 Å². The van der Waals surface area contributed by atoms with Crippen molar-refractivity contribution < 1.29 is 38.5 Å². The fourth-order valence-electron chi connectivity index (χ4n) is 3.68. The maximum absolute atomic E-state index is 13.2. The number of carbonyl (C=O) groups excluding carboxylic acids is 4. The average Bonchev–Trinajstić information content (AvgIpc) is 2.86. The number of benzene rings is 2. The van der Waals surface area contributed by atoms with Gasteiger partial charge < -0.3 is 24.6 Å². The van der Waals surface area contributed by atoms with E-state index < -0.39 is 60.5 Å². The molecule has 0 unspecified atom stereocenters. The molecule has 0 bridgehead atoms. The lowest BCUT2D eigenvalue weighted by Crippen LogP contribution is -2.46. The lowest BCUT2D eigenvalue weighted by Gasteiger charge is -2.29. The summed E-state index contributed by atoms with van der Waals surface area (Å²) in [6.45, 7) is 4.30. The molecule has 3 rings (SSSR count). The van der Waals surface area contributed by atoms with Crippen molar-refractivity contribution >= 4 is 35.4 Å². The highest BCUT2D eigenvalue weighted by molar-refractivity contribution is 6.30. The Bertz CT molecular complexity index is 1120. The van der Waals surface area contributed by atoms with Crippen molar-refractivity contribution in [2.45, 2.75) is 45.4 Å². The van der Waals surface area contributed by atoms with Crippen LogP contribution < -0.4 is 5.32 Å². The van der Waals surface area contributed by atoms with Crippen LogP contribution in [0.25, 0.3) is 0 Å². The zero-order chi connectivity index (χ0) is 26.4. The second kappa shape index (κ2) is 11.9. The van der Waals surface area contributed by atoms with Crippen molar-refractivity contribution in [3.8, 4) is 5.75 Å². The van der Waals surface area contributed by atoms with Crippen molar-refractivity contribution in [2.24, 2.45) is 11.8 Å². The monoisotopic (exact) mass is 517 g/mol. The van der Waals surface area contributed by atoms with Crippen LogP contribution in [0.4, 0.5) is 0 Å². The fraction of sp³-hybridized carbons (Fsp3) is 0.385. The number of hydrogen-bond acceptors (Lipinski definition) is 8. The lowest BCUT2D eigenvalue weighted by molar-refractivity contribution is -0.176. The van der Waals surface area contributed by atoms with Crippen molar-refractivity contribution in [3.63, 3.8) is 0 Å². The van der Waals surface area contributed by atoms with E-state index in [4.69, 9.17) is 25.8 Å². The summed E-state index contributed by atoms with van der Waals surface area (Å²) >= 11 is 5.81. The molecular formula is C26H28ClNO8. The van der Waals surface area contributed by atoms with E-state index in [0.29, 0.717) is 0 Å². The third-order valence-corrected chi connectivity index (χ3v) is 5.91. The number of halogens is 1. The van der Waals surface area contributed by atoms with Crippen LogP contribution in [0.2, 0.25) is 5.02 Å². The summed E-state index contributed by atoms with van der Waals surface area (Å²) < 4.78 is 16.6. The summed E-state index contributed by atoms with van der Waals surface area (Å²) in [6.07, 6.45) is -1.97. The highest BCUT2D eigenvalue weighted by Crippen LogP contribution is 2.25. The third kappa shape index (κ3) is 6.75. The number of carbonyl (C=O) groups is 4. The Morgan fingerprint density at radius 3 is 2.47 bits per heavy atom. The van der Waals surface area contributed by atoms with Crippen molar-refractivity contribution in [2.75, 3.05) is 6.61 Å². The van der Waals surface area contributed by atoms with Crippen LogP contribution in [-0.4, -0.2) is 53.8 Å². The molecule has 1 heterocycles. The molecule has 2 N–H and O–H groups in total. The van der Waals surface area contributed by atoms with Crippen LogP contribution >= 0.6 is 11.6 Å². The van der Waals surface area contributed by atoms with Crippen LogP contribution in [0.5, 0.6) is 5.75 Å². The van der Waals surface area contributed by atoms with Gasteiger partial charge in [0.1, 0.15) is 24.4 Å². The number of hydrogen-bond donors (Lipinski definition) is 2. The maximum Gasteiger partial charge on any atom is 0.332 e. The predicted octanol–water partition coefficient (Wildman–Crippen LogP) is 3.06. The van der Waals surface area contributed by atoms with Gasteiger partial charge in [-0.3, -0.25) is 14.4 Å². The molecule has 0 radical (unpaired) electrons. The van der Waals surface area contributed by atoms with Crippen LogP contribution in [0, 0.1) is 11.8 Å². The van der Waals surface area contributed by atoms with Gasteiger partial charge in [0, 0.05) is 5.02 Å². The molecule has 192 valence electrons. The Balaban J connectivity index is 1.87. The second-order valence-electron chi connectivity index (χ2n) is 8.81. The third-order valence-electron chi connectivity index (χ3n) is 5.67. The quantitative estimate of drug-likeness (QED) is 0.442. The van der Waals surface area contributed by atoms with E-state index in [1.807, 2.05) is 30.3 Å². The van der Waals surface area contributed by atoms with Gasteiger partial charge in [-0.1, -0.05) is 55.8 Å². The first kappa shape index (κ1) is 27.0. The summed E-state index contributed by atoms with van der Waals surface area (Å²) in [7, 11) is 0. The Morgan fingerprint density at radius 2 is 1.83 bits per heavy atom. The van der Waals surface area contributed by atoms with Gasteiger partial charge in [0.25, 0.3) is 5.91 Å². The van der Waals surface area contributed by atoms with Gasteiger partial charge in [-0.05, 0) is 37.1 Å². The summed E-state index contributed by atoms with van der Waals surface area (Å²) in [5, 5.41) is 12.7. The highest BCUT2D eigenvalue weighted by atomic mass is 35.5. The normalized spacial score (nSPS) is 22.5. The molecule has 10 heteroatoms. The SMILES string of the molecule is CC(C)C(=O)O[C@H]1[C@H](C)OC(=O)[C@@H](NC(=O)c2ccc(Cl)cc2O)COC(=O)[C@@H]1Cc1ccccc1. The van der Waals surface area contributed by atoms with Gasteiger partial charge >= 0.3 is 17.9 Å². The first-order valence-corrected chi connectivity index (χ1v) is 11.9. The predicted molar refractivity (Wildman–Crippen MR) is 129 cm³/mol. The summed E-state index contributed by atoms with van der Waals surface area (Å²) in [4.78, 5) is 51.2. The molecule has 36 heavy (non-hydrogen) atoms. The van der Waals surface area contributed by atoms with Gasteiger partial charge in [-0.2, -0.15) is 0 Å². The molecule has 0 aromatic heterocycles. The molecule has 1 fully saturated rings. The summed E-state index contributed by atoms with van der Waals surface area (Å²) in [5.74, 6) is -4.78. The van der Waals surface area contributed by atoms with Crippen LogP contribution in [0.15, 0.2) is 48.5 Å². The molecule has 2 aromatic rings. The number of cyclic esters (lactones) is 2. The minimum atomic E-state index is -1.36. The standard InChI is InChI=1S/C26H28ClNO8/c1-14(2)24(31)36-22-15(3)35-26(33)20(28-23(30)18-10-9-17(27)12-21(18)29)13-34-25(32)19(22)11-16-7-5-4-6-8-16/h4-10,12,14-15,19-20,22,29H,11,13H2,1-3H3,(H,28,30)/t15-,19+,20-,22-/m0/s1. The highest BCUT2D eigenvalue weighted by Gasteiger charge is 2.42. The van der Waals surface area contributed by atoms with E-state index in [0.717, 1.165) is 5.56 Å². The molecule has 0 spiro atoms. The van der Waals surface area contributed by atoms with Crippen molar-refractivity contribution in [1.82, 2.24) is 5.32 Å². The molecule has 0 aliphatic carbocycles. The van der Waals surface area contributed by atoms with Gasteiger partial charge in [0.2, 0.25) is 0 Å². The molecule has 9 nitrogen and oxygen atoms in total. The molecule has 1 saturated heterocycles. The van der Waals surface area contributed by atoms with Gasteiger partial charge in [0.05, 0.1) is 11.5 Å². The zero-order valence-electron chi connectivity index (χ0n) is 20.1. The number of aromatic hydroxyl groups is 1. The Labute approximate surface area is 213 Å². The zero-order valence-corrected chi connectivity index (χ0v) is 20.9. The molecular weight excluding hydrogens is 490 g/mol. The van der Waals surface area contributed by atoms with E-state index in [-0.39, 0.29) is 22.8 Å². The van der Waals surface area contributed by atoms with Crippen LogP contribution in [0.1, 0.15) is 36.7 Å². The molecule has 1 aliphatic heterocycles. The van der Waals surface area contributed by atoms with Gasteiger partial charge in [-0.15, -0.1) is 0 Å². The first-order valence-electron chi connectivity index (χ1n) is 11.5. The average molecular weight is 518 g/mol. The lowest BCUT2D eigenvalue weighted by atomic mass is 9.91. The topological polar surface area (TPSA) is 128 Å². The van der Waals surface area contributed by atoms with E-state index in [2.05, 4.69) is 5.32 Å². The Kier molecular flexibility index (Phi) is 8.93. The number of amides is 1. The van der Waals surface area contributed by atoms with Gasteiger partial charge in [0.15, 0.2) is 12.1 Å². The molecule has 1 aliphatic rings. The number of phenols is 1.